The van der Waals surface area contributed by atoms with Crippen LogP contribution in [0.1, 0.15) is 80.3 Å². The van der Waals surface area contributed by atoms with Crippen LogP contribution in [0.4, 0.5) is 5.69 Å². The maximum atomic E-state index is 13.5. The molecule has 2 aromatic carbocycles. The number of aryl methyl sites for hydroxylation is 1. The number of ether oxygens (including phenoxy) is 1. The second-order valence-electron chi connectivity index (χ2n) is 13.2. The van der Waals surface area contributed by atoms with Gasteiger partial charge >= 0.3 is 0 Å². The Morgan fingerprint density at radius 2 is 1.98 bits per heavy atom. The van der Waals surface area contributed by atoms with Gasteiger partial charge in [0.2, 0.25) is 0 Å². The van der Waals surface area contributed by atoms with E-state index in [1.54, 1.807) is 6.07 Å². The molecular formula is C33H43ClN2O4S. The Hall–Kier alpha value is -2.22. The van der Waals surface area contributed by atoms with Gasteiger partial charge in [-0.05, 0) is 123 Å². The summed E-state index contributed by atoms with van der Waals surface area (Å²) in [6, 6.07) is 11.8. The van der Waals surface area contributed by atoms with E-state index in [4.69, 9.17) is 16.3 Å². The molecule has 0 radical (unpaired) electrons. The molecule has 222 valence electrons. The van der Waals surface area contributed by atoms with Crippen LogP contribution in [0.2, 0.25) is 5.02 Å². The Labute approximate surface area is 249 Å². The number of fused-ring (bicyclic) bond motifs is 4. The molecule has 1 unspecified atom stereocenters. The highest BCUT2D eigenvalue weighted by molar-refractivity contribution is 7.99. The van der Waals surface area contributed by atoms with Crippen molar-refractivity contribution in [2.75, 3.05) is 24.6 Å². The standard InChI is InChI=1S/C33H43ClN2O4S/c1-21-6-7-22(2)41(3,39)35-32(38)24-9-13-31-29(17-24)36(18-25-8-11-27(25)30(37)15-21)19-33(20-40-31)14-4-5-23-16-26(34)10-12-28(23)33/h9-10,12-13,16-17,21-22,25,27,30,37H,3-8,11,14-15,18-20H2,1-2H3,(H,35,38,39)/t21-,22+,25+,27-,30-,33+,41?/m1/s1. The van der Waals surface area contributed by atoms with E-state index >= 15 is 0 Å². The van der Waals surface area contributed by atoms with Crippen LogP contribution in [-0.2, 0) is 21.5 Å². The van der Waals surface area contributed by atoms with Crippen molar-refractivity contribution in [2.24, 2.45) is 17.8 Å². The first kappa shape index (κ1) is 28.9. The van der Waals surface area contributed by atoms with Crippen molar-refractivity contribution in [3.63, 3.8) is 0 Å². The fraction of sp³-hybridized carbons (Fsp3) is 0.576. The first-order valence-electron chi connectivity index (χ1n) is 15.2. The summed E-state index contributed by atoms with van der Waals surface area (Å²) in [7, 11) is -2.85. The lowest BCUT2D eigenvalue weighted by atomic mass is 9.67. The van der Waals surface area contributed by atoms with Gasteiger partial charge in [0.1, 0.15) is 5.75 Å². The van der Waals surface area contributed by atoms with Gasteiger partial charge in [-0.2, -0.15) is 0 Å². The minimum atomic E-state index is -2.85. The number of nitrogens with zero attached hydrogens (tertiary/aromatic N) is 1. The summed E-state index contributed by atoms with van der Waals surface area (Å²) < 4.78 is 22.8. The largest absolute Gasteiger partial charge is 0.490 e. The van der Waals surface area contributed by atoms with Crippen LogP contribution in [0.15, 0.2) is 36.4 Å². The lowest BCUT2D eigenvalue weighted by Crippen LogP contribution is -2.49. The second kappa shape index (κ2) is 11.1. The fourth-order valence-electron chi connectivity index (χ4n) is 7.60. The molecule has 2 aliphatic carbocycles. The number of hydrogen-bond donors (Lipinski definition) is 2. The average molecular weight is 599 g/mol. The molecule has 2 aromatic rings. The predicted octanol–water partition coefficient (Wildman–Crippen LogP) is 5.77. The van der Waals surface area contributed by atoms with E-state index in [2.05, 4.69) is 34.5 Å². The van der Waals surface area contributed by atoms with Crippen LogP contribution in [0.3, 0.4) is 0 Å². The number of carbonyl (C=O) groups is 1. The Morgan fingerprint density at radius 3 is 2.76 bits per heavy atom. The lowest BCUT2D eigenvalue weighted by Gasteiger charge is -2.46. The molecule has 6 nitrogen and oxygen atoms in total. The highest BCUT2D eigenvalue weighted by atomic mass is 35.5. The van der Waals surface area contributed by atoms with Gasteiger partial charge in [-0.25, -0.2) is 4.21 Å². The zero-order chi connectivity index (χ0) is 28.9. The minimum absolute atomic E-state index is 0.204. The van der Waals surface area contributed by atoms with E-state index < -0.39 is 9.71 Å². The van der Waals surface area contributed by atoms with Gasteiger partial charge in [0.25, 0.3) is 5.91 Å². The summed E-state index contributed by atoms with van der Waals surface area (Å²) in [5, 5.41) is 11.8. The summed E-state index contributed by atoms with van der Waals surface area (Å²) in [6.45, 7) is 6.17. The zero-order valence-electron chi connectivity index (χ0n) is 24.2. The van der Waals surface area contributed by atoms with Gasteiger partial charge in [-0.15, -0.1) is 0 Å². The molecule has 0 aromatic heterocycles. The van der Waals surface area contributed by atoms with Crippen LogP contribution in [0.25, 0.3) is 0 Å². The van der Waals surface area contributed by atoms with Crippen molar-refractivity contribution in [1.82, 2.24) is 4.72 Å². The predicted molar refractivity (Wildman–Crippen MR) is 168 cm³/mol. The molecule has 0 saturated heterocycles. The number of rotatable bonds is 0. The van der Waals surface area contributed by atoms with Crippen molar-refractivity contribution in [3.05, 3.63) is 58.1 Å². The molecule has 41 heavy (non-hydrogen) atoms. The van der Waals surface area contributed by atoms with Gasteiger partial charge in [-0.1, -0.05) is 24.6 Å². The Balaban J connectivity index is 1.41. The molecule has 2 bridgehead atoms. The van der Waals surface area contributed by atoms with Crippen molar-refractivity contribution < 1.29 is 18.8 Å². The topological polar surface area (TPSA) is 78.9 Å². The molecule has 7 atom stereocenters. The number of amides is 1. The van der Waals surface area contributed by atoms with E-state index in [0.29, 0.717) is 30.4 Å². The van der Waals surface area contributed by atoms with Gasteiger partial charge in [0.15, 0.2) is 0 Å². The van der Waals surface area contributed by atoms with E-state index in [-0.39, 0.29) is 28.6 Å². The number of anilines is 1. The monoisotopic (exact) mass is 598 g/mol. The third-order valence-corrected chi connectivity index (χ3v) is 12.7. The summed E-state index contributed by atoms with van der Waals surface area (Å²) in [4.78, 5) is 15.8. The first-order valence-corrected chi connectivity index (χ1v) is 17.4. The van der Waals surface area contributed by atoms with E-state index in [0.717, 1.165) is 74.5 Å². The molecule has 1 spiro atoms. The van der Waals surface area contributed by atoms with Crippen molar-refractivity contribution in [1.29, 1.82) is 0 Å². The average Bonchev–Trinajstić information content (AvgIpc) is 3.05. The maximum Gasteiger partial charge on any atom is 0.262 e. The third kappa shape index (κ3) is 5.62. The Kier molecular flexibility index (Phi) is 7.84. The van der Waals surface area contributed by atoms with E-state index in [9.17, 15) is 14.1 Å². The second-order valence-corrected chi connectivity index (χ2v) is 16.1. The van der Waals surface area contributed by atoms with Crippen LogP contribution in [0.5, 0.6) is 5.75 Å². The van der Waals surface area contributed by atoms with Gasteiger partial charge in [0, 0.05) is 34.3 Å². The van der Waals surface area contributed by atoms with Crippen LogP contribution in [-0.4, -0.2) is 52.1 Å². The van der Waals surface area contributed by atoms with Crippen LogP contribution >= 0.6 is 11.6 Å². The molecule has 4 aliphatic rings. The molecule has 2 aliphatic heterocycles. The molecule has 2 N–H and O–H groups in total. The lowest BCUT2D eigenvalue weighted by molar-refractivity contribution is 0.00130. The van der Waals surface area contributed by atoms with Crippen LogP contribution < -0.4 is 14.4 Å². The molecule has 1 fully saturated rings. The van der Waals surface area contributed by atoms with Crippen molar-refractivity contribution in [2.45, 2.75) is 82.0 Å². The maximum absolute atomic E-state index is 13.5. The first-order chi connectivity index (χ1) is 19.5. The van der Waals surface area contributed by atoms with Crippen molar-refractivity contribution >= 4 is 38.8 Å². The number of carbonyl (C=O) groups excluding carboxylic acids is 1. The highest BCUT2D eigenvalue weighted by Gasteiger charge is 2.44. The third-order valence-electron chi connectivity index (χ3n) is 10.4. The zero-order valence-corrected chi connectivity index (χ0v) is 25.8. The molecular weight excluding hydrogens is 556 g/mol. The number of aliphatic hydroxyl groups is 1. The number of halogens is 1. The molecule has 1 saturated carbocycles. The van der Waals surface area contributed by atoms with E-state index in [1.807, 2.05) is 25.1 Å². The van der Waals surface area contributed by atoms with Crippen molar-refractivity contribution in [3.8, 4) is 5.75 Å². The summed E-state index contributed by atoms with van der Waals surface area (Å²) in [5.41, 5.74) is 3.73. The Morgan fingerprint density at radius 1 is 1.15 bits per heavy atom. The quantitative estimate of drug-likeness (QED) is 0.377. The molecule has 2 heterocycles. The highest BCUT2D eigenvalue weighted by Crippen LogP contribution is 2.47. The van der Waals surface area contributed by atoms with Gasteiger partial charge < -0.3 is 14.7 Å². The van der Waals surface area contributed by atoms with E-state index in [1.165, 1.54) is 11.1 Å². The Bertz CT molecular complexity index is 1430. The molecule has 1 amide bonds. The smallest absolute Gasteiger partial charge is 0.262 e. The number of benzene rings is 2. The minimum Gasteiger partial charge on any atom is -0.490 e. The summed E-state index contributed by atoms with van der Waals surface area (Å²) in [5.74, 6) is 5.25. The molecule has 6 rings (SSSR count). The SMILES string of the molecule is C=S1(=O)NC(=O)c2ccc3c(c2)N(C[C@@H]2CC[C@H]2[C@H](O)C[C@H](C)CC[C@@H]1C)C[C@@]1(CCCc2cc(Cl)ccc21)CO3. The fourth-order valence-corrected chi connectivity index (χ4v) is 8.94. The van der Waals surface area contributed by atoms with Gasteiger partial charge in [0.05, 0.1) is 28.1 Å². The molecule has 8 heteroatoms. The normalized spacial score (nSPS) is 35.8. The van der Waals surface area contributed by atoms with Crippen LogP contribution in [0, 0.1) is 17.8 Å². The number of aliphatic hydroxyl groups excluding tert-OH is 1. The summed E-state index contributed by atoms with van der Waals surface area (Å²) >= 11 is 6.40. The number of nitrogens with one attached hydrogen (secondary N) is 1. The summed E-state index contributed by atoms with van der Waals surface area (Å²) in [6.07, 6.45) is 7.11. The van der Waals surface area contributed by atoms with Gasteiger partial charge in [-0.3, -0.25) is 9.52 Å². The number of hydrogen-bond acceptors (Lipinski definition) is 5.